The third-order valence-corrected chi connectivity index (χ3v) is 5.85. The summed E-state index contributed by atoms with van der Waals surface area (Å²) in [5.74, 6) is 0.357. The van der Waals surface area contributed by atoms with Gasteiger partial charge >= 0.3 is 0 Å². The van der Waals surface area contributed by atoms with E-state index < -0.39 is 11.4 Å². The fourth-order valence-electron chi connectivity index (χ4n) is 4.19. The molecule has 1 heterocycles. The van der Waals surface area contributed by atoms with Crippen LogP contribution in [0.25, 0.3) is 5.69 Å². The van der Waals surface area contributed by atoms with Crippen molar-refractivity contribution in [3.63, 3.8) is 0 Å². The minimum Gasteiger partial charge on any atom is -0.373 e. The average molecular weight is 400 g/mol. The molecule has 0 radical (unpaired) electrons. The van der Waals surface area contributed by atoms with E-state index in [1.165, 1.54) is 12.5 Å². The predicted octanol–water partition coefficient (Wildman–Crippen LogP) is 5.34. The number of benzene rings is 2. The monoisotopic (exact) mass is 399 g/mol. The van der Waals surface area contributed by atoms with Crippen molar-refractivity contribution in [3.05, 3.63) is 64.2 Å². The summed E-state index contributed by atoms with van der Waals surface area (Å²) in [6.45, 7) is 4.13. The molecule has 1 aromatic heterocycles. The van der Waals surface area contributed by atoms with Crippen LogP contribution in [-0.4, -0.2) is 20.2 Å². The van der Waals surface area contributed by atoms with E-state index in [0.717, 1.165) is 54.0 Å². The number of anilines is 1. The summed E-state index contributed by atoms with van der Waals surface area (Å²) >= 11 is 6.01. The van der Waals surface area contributed by atoms with E-state index in [1.54, 1.807) is 12.1 Å². The van der Waals surface area contributed by atoms with Crippen LogP contribution >= 0.6 is 11.6 Å². The molecule has 3 aromatic rings. The molecule has 0 saturated heterocycles. The van der Waals surface area contributed by atoms with Gasteiger partial charge in [0.25, 0.3) is 0 Å². The lowest BCUT2D eigenvalue weighted by atomic mass is 9.80. The molecular formula is C21H23ClFN5. The van der Waals surface area contributed by atoms with Crippen molar-refractivity contribution in [2.24, 2.45) is 0 Å². The highest BCUT2D eigenvalue weighted by molar-refractivity contribution is 6.31. The third kappa shape index (κ3) is 3.37. The predicted molar refractivity (Wildman–Crippen MR) is 108 cm³/mol. The Bertz CT molecular complexity index is 974. The van der Waals surface area contributed by atoms with Crippen molar-refractivity contribution < 1.29 is 4.39 Å². The Morgan fingerprint density at radius 3 is 2.46 bits per heavy atom. The molecule has 28 heavy (non-hydrogen) atoms. The maximum atomic E-state index is 13.6. The number of aromatic nitrogens is 4. The Balaban J connectivity index is 1.81. The van der Waals surface area contributed by atoms with Crippen LogP contribution in [0, 0.1) is 19.7 Å². The van der Waals surface area contributed by atoms with Gasteiger partial charge in [-0.25, -0.2) is 4.39 Å². The van der Waals surface area contributed by atoms with Gasteiger partial charge in [0.2, 0.25) is 0 Å². The molecule has 5 nitrogen and oxygen atoms in total. The first-order chi connectivity index (χ1) is 13.5. The van der Waals surface area contributed by atoms with Crippen molar-refractivity contribution in [2.75, 3.05) is 5.32 Å². The summed E-state index contributed by atoms with van der Waals surface area (Å²) < 4.78 is 15.5. The molecule has 1 saturated carbocycles. The summed E-state index contributed by atoms with van der Waals surface area (Å²) in [7, 11) is 0. The van der Waals surface area contributed by atoms with Gasteiger partial charge in [-0.15, -0.1) is 5.10 Å². The normalized spacial score (nSPS) is 16.1. The van der Waals surface area contributed by atoms with Gasteiger partial charge in [-0.1, -0.05) is 49.1 Å². The zero-order chi connectivity index (χ0) is 19.7. The van der Waals surface area contributed by atoms with Crippen LogP contribution in [-0.2, 0) is 5.54 Å². The summed E-state index contributed by atoms with van der Waals surface area (Å²) in [4.78, 5) is 0. The zero-order valence-corrected chi connectivity index (χ0v) is 16.8. The number of nitrogens with zero attached hydrogens (tertiary/aromatic N) is 4. The number of halogens is 2. The lowest BCUT2D eigenvalue weighted by Crippen LogP contribution is -2.40. The van der Waals surface area contributed by atoms with Crippen LogP contribution < -0.4 is 5.32 Å². The Hall–Kier alpha value is -2.47. The minimum atomic E-state index is -0.433. The second kappa shape index (κ2) is 7.51. The lowest BCUT2D eigenvalue weighted by Gasteiger charge is -2.38. The molecule has 0 aliphatic heterocycles. The molecule has 0 bridgehead atoms. The standard InChI is InChI=1S/C21H23ClFN5/c1-14-7-6-8-15(2)19(14)28-20(25-26-27-28)21(11-4-3-5-12-21)24-16-9-10-18(23)17(22)13-16/h6-10,13,24H,3-5,11-12H2,1-2H3. The molecule has 7 heteroatoms. The van der Waals surface area contributed by atoms with Gasteiger partial charge in [0.1, 0.15) is 5.82 Å². The van der Waals surface area contributed by atoms with Crippen LogP contribution in [0.5, 0.6) is 0 Å². The second-order valence-corrected chi connectivity index (χ2v) is 7.96. The number of rotatable bonds is 4. The fraction of sp³-hybridized carbons (Fsp3) is 0.381. The molecule has 1 N–H and O–H groups in total. The smallest absolute Gasteiger partial charge is 0.181 e. The van der Waals surface area contributed by atoms with E-state index >= 15 is 0 Å². The molecule has 0 atom stereocenters. The highest BCUT2D eigenvalue weighted by Gasteiger charge is 2.39. The van der Waals surface area contributed by atoms with Gasteiger partial charge in [0.15, 0.2) is 5.82 Å². The lowest BCUT2D eigenvalue weighted by molar-refractivity contribution is 0.309. The van der Waals surface area contributed by atoms with E-state index in [4.69, 9.17) is 11.6 Å². The molecule has 0 spiro atoms. The minimum absolute atomic E-state index is 0.102. The van der Waals surface area contributed by atoms with E-state index in [1.807, 2.05) is 10.7 Å². The number of nitrogens with one attached hydrogen (secondary N) is 1. The summed E-state index contributed by atoms with van der Waals surface area (Å²) in [6, 6.07) is 10.9. The van der Waals surface area contributed by atoms with Gasteiger partial charge in [-0.05, 0) is 66.4 Å². The third-order valence-electron chi connectivity index (χ3n) is 5.56. The van der Waals surface area contributed by atoms with E-state index in [0.29, 0.717) is 0 Å². The second-order valence-electron chi connectivity index (χ2n) is 7.55. The van der Waals surface area contributed by atoms with Gasteiger partial charge < -0.3 is 5.32 Å². The summed E-state index contributed by atoms with van der Waals surface area (Å²) in [5.41, 5.74) is 3.57. The van der Waals surface area contributed by atoms with Gasteiger partial charge in [-0.2, -0.15) is 4.68 Å². The van der Waals surface area contributed by atoms with Crippen molar-refractivity contribution >= 4 is 17.3 Å². The van der Waals surface area contributed by atoms with Crippen LogP contribution in [0.1, 0.15) is 49.1 Å². The van der Waals surface area contributed by atoms with Crippen LogP contribution in [0.3, 0.4) is 0 Å². The highest BCUT2D eigenvalue weighted by atomic mass is 35.5. The van der Waals surface area contributed by atoms with Crippen molar-refractivity contribution in [1.82, 2.24) is 20.2 Å². The first-order valence-corrected chi connectivity index (χ1v) is 9.97. The summed E-state index contributed by atoms with van der Waals surface area (Å²) in [5, 5.41) is 16.5. The van der Waals surface area contributed by atoms with Crippen LogP contribution in [0.4, 0.5) is 10.1 Å². The fourth-order valence-corrected chi connectivity index (χ4v) is 4.37. The Labute approximate surface area is 168 Å². The first-order valence-electron chi connectivity index (χ1n) is 9.59. The topological polar surface area (TPSA) is 55.6 Å². The Kier molecular flexibility index (Phi) is 5.06. The average Bonchev–Trinajstić information content (AvgIpc) is 3.16. The van der Waals surface area contributed by atoms with Crippen molar-refractivity contribution in [1.29, 1.82) is 0 Å². The number of para-hydroxylation sites is 1. The van der Waals surface area contributed by atoms with Crippen LogP contribution in [0.15, 0.2) is 36.4 Å². The van der Waals surface area contributed by atoms with Gasteiger partial charge in [0.05, 0.1) is 16.2 Å². The molecular weight excluding hydrogens is 377 g/mol. The largest absolute Gasteiger partial charge is 0.373 e. The number of hydrogen-bond acceptors (Lipinski definition) is 4. The number of aryl methyl sites for hydroxylation is 2. The van der Waals surface area contributed by atoms with Crippen molar-refractivity contribution in [2.45, 2.75) is 51.5 Å². The van der Waals surface area contributed by atoms with E-state index in [9.17, 15) is 4.39 Å². The zero-order valence-electron chi connectivity index (χ0n) is 16.0. The Morgan fingerprint density at radius 2 is 1.79 bits per heavy atom. The van der Waals surface area contributed by atoms with Crippen molar-refractivity contribution in [3.8, 4) is 5.69 Å². The molecule has 2 aromatic carbocycles. The molecule has 4 rings (SSSR count). The maximum Gasteiger partial charge on any atom is 0.181 e. The molecule has 1 fully saturated rings. The molecule has 146 valence electrons. The molecule has 1 aliphatic carbocycles. The first kappa shape index (κ1) is 18.9. The maximum absolute atomic E-state index is 13.6. The number of tetrazole rings is 1. The highest BCUT2D eigenvalue weighted by Crippen LogP contribution is 2.40. The summed E-state index contributed by atoms with van der Waals surface area (Å²) in [6.07, 6.45) is 5.11. The number of hydrogen-bond donors (Lipinski definition) is 1. The van der Waals surface area contributed by atoms with E-state index in [-0.39, 0.29) is 5.02 Å². The van der Waals surface area contributed by atoms with E-state index in [2.05, 4.69) is 46.8 Å². The van der Waals surface area contributed by atoms with Gasteiger partial charge in [0, 0.05) is 5.69 Å². The van der Waals surface area contributed by atoms with Crippen LogP contribution in [0.2, 0.25) is 5.02 Å². The van der Waals surface area contributed by atoms with Gasteiger partial charge in [-0.3, -0.25) is 0 Å². The molecule has 0 amide bonds. The molecule has 0 unspecified atom stereocenters. The SMILES string of the molecule is Cc1cccc(C)c1-n1nnnc1C1(Nc2ccc(F)c(Cl)c2)CCCCC1. The molecule has 1 aliphatic rings. The Morgan fingerprint density at radius 1 is 1.07 bits per heavy atom. The quantitative estimate of drug-likeness (QED) is 0.643.